The summed E-state index contributed by atoms with van der Waals surface area (Å²) in [6, 6.07) is -13.9. The maximum atomic E-state index is 14.2. The van der Waals surface area contributed by atoms with Crippen LogP contribution in [0.15, 0.2) is 17.5 Å². The minimum atomic E-state index is -2.10. The van der Waals surface area contributed by atoms with Crippen LogP contribution in [0, 0.1) is 17.8 Å². The first-order chi connectivity index (χ1) is 37.5. The van der Waals surface area contributed by atoms with Gasteiger partial charge in [-0.05, 0) is 69.2 Å². The molecule has 31 heteroatoms. The minimum absolute atomic E-state index is 0.0424. The van der Waals surface area contributed by atoms with Crippen LogP contribution in [-0.4, -0.2) is 170 Å². The van der Waals surface area contributed by atoms with E-state index in [9.17, 15) is 72.9 Å². The van der Waals surface area contributed by atoms with Gasteiger partial charge in [-0.2, -0.15) is 0 Å². The predicted molar refractivity (Wildman–Crippen MR) is 287 cm³/mol. The van der Waals surface area contributed by atoms with Crippen molar-refractivity contribution in [3.05, 3.63) is 18.2 Å². The number of H-pyrrole nitrogens is 1. The highest BCUT2D eigenvalue weighted by atomic mass is 16.4. The number of carbonyl (C=O) groups is 12. The third kappa shape index (κ3) is 27.6. The van der Waals surface area contributed by atoms with E-state index < -0.39 is 157 Å². The van der Waals surface area contributed by atoms with Crippen molar-refractivity contribution in [1.29, 1.82) is 0 Å². The third-order valence-electron chi connectivity index (χ3n) is 12.3. The molecule has 0 fully saturated rings. The molecular weight excluding hydrogens is 1050 g/mol. The fourth-order valence-electron chi connectivity index (χ4n) is 7.82. The number of hydrogen-bond donors (Lipinski definition) is 17. The number of aliphatic imine (C=N–C) groups is 1. The molecule has 0 radical (unpaired) electrons. The summed E-state index contributed by atoms with van der Waals surface area (Å²) in [5.41, 5.74) is 28.2. The molecule has 9 amide bonds. The molecule has 1 rings (SSSR count). The van der Waals surface area contributed by atoms with Gasteiger partial charge in [0.2, 0.25) is 53.2 Å². The van der Waals surface area contributed by atoms with Gasteiger partial charge in [-0.1, -0.05) is 54.4 Å². The summed E-state index contributed by atoms with van der Waals surface area (Å²) in [5.74, 6) is -15.1. The molecule has 31 nitrogen and oxygen atoms in total. The van der Waals surface area contributed by atoms with Crippen molar-refractivity contribution in [3.63, 3.8) is 0 Å². The Labute approximate surface area is 463 Å². The van der Waals surface area contributed by atoms with Crippen LogP contribution in [0.2, 0.25) is 0 Å². The predicted octanol–water partition coefficient (Wildman–Crippen LogP) is -4.22. The number of aromatic nitrogens is 2. The molecule has 1 aromatic rings. The molecular formula is C49H84N16O15. The number of aromatic amines is 1. The number of nitrogens with two attached hydrogens (primary N) is 5. The quantitative estimate of drug-likeness (QED) is 0.0168. The van der Waals surface area contributed by atoms with Gasteiger partial charge in [-0.15, -0.1) is 0 Å². The zero-order valence-electron chi connectivity index (χ0n) is 46.2. The number of primary amides is 1. The van der Waals surface area contributed by atoms with Crippen molar-refractivity contribution in [2.45, 2.75) is 179 Å². The summed E-state index contributed by atoms with van der Waals surface area (Å²) in [4.78, 5) is 170. The van der Waals surface area contributed by atoms with Crippen LogP contribution in [0.25, 0.3) is 0 Å². The van der Waals surface area contributed by atoms with E-state index in [0.29, 0.717) is 19.4 Å². The van der Waals surface area contributed by atoms with Crippen LogP contribution in [0.1, 0.15) is 124 Å². The van der Waals surface area contributed by atoms with E-state index in [1.165, 1.54) is 12.5 Å². The Morgan fingerprint density at radius 2 is 1.06 bits per heavy atom. The molecule has 0 unspecified atom stereocenters. The SMILES string of the molecule is CC[C@H](C)[C@H](NC(=O)[C@H](CC(N)=O)NC(=O)[C@H](CC(=O)O)NC(=O)[C@H](CCC(=O)O)NC(=O)[C@H](Cc1cnc[nH]1)NC(=O)[C@H](CCCN=C(N)N)NC(=O)[C@@H](N)CCCCN)C(=O)N[C@@H](CC(C)C)C(=O)N[C@@H](CC(C)C)C(=O)O. The van der Waals surface area contributed by atoms with Crippen molar-refractivity contribution in [2.75, 3.05) is 13.1 Å². The number of rotatable bonds is 40. The fraction of sp³-hybridized carbons (Fsp3) is 0.673. The topological polar surface area (TPSA) is 533 Å². The van der Waals surface area contributed by atoms with Crippen LogP contribution in [0.4, 0.5) is 0 Å². The smallest absolute Gasteiger partial charge is 0.326 e. The average molecular weight is 1140 g/mol. The lowest BCUT2D eigenvalue weighted by atomic mass is 9.96. The highest BCUT2D eigenvalue weighted by molar-refractivity contribution is 6.00. The molecule has 0 aliphatic heterocycles. The van der Waals surface area contributed by atoms with E-state index >= 15 is 0 Å². The lowest BCUT2D eigenvalue weighted by molar-refractivity contribution is -0.143. The summed E-state index contributed by atoms with van der Waals surface area (Å²) in [7, 11) is 0. The second-order valence-corrected chi connectivity index (χ2v) is 20.2. The molecule has 22 N–H and O–H groups in total. The molecule has 0 saturated heterocycles. The second-order valence-electron chi connectivity index (χ2n) is 20.2. The molecule has 0 bridgehead atoms. The number of imidazole rings is 1. The van der Waals surface area contributed by atoms with Gasteiger partial charge in [-0.3, -0.25) is 57.7 Å². The van der Waals surface area contributed by atoms with Crippen LogP contribution in [0.3, 0.4) is 0 Å². The van der Waals surface area contributed by atoms with E-state index in [4.69, 9.17) is 28.7 Å². The summed E-state index contributed by atoms with van der Waals surface area (Å²) in [6.07, 6.45) is 0.455. The molecule has 0 aromatic carbocycles. The summed E-state index contributed by atoms with van der Waals surface area (Å²) >= 11 is 0. The number of carboxylic acids is 3. The van der Waals surface area contributed by atoms with Crippen molar-refractivity contribution < 1.29 is 72.9 Å². The first kappa shape index (κ1) is 70.1. The average Bonchev–Trinajstić information content (AvgIpc) is 3.88. The number of unbranched alkanes of at least 4 members (excludes halogenated alkanes) is 1. The first-order valence-corrected chi connectivity index (χ1v) is 26.4. The Kier molecular flexibility index (Phi) is 31.7. The molecule has 10 atom stereocenters. The van der Waals surface area contributed by atoms with Gasteiger partial charge in [0, 0.05) is 31.3 Å². The molecule has 0 aliphatic rings. The number of nitrogens with zero attached hydrogens (tertiary/aromatic N) is 2. The van der Waals surface area contributed by atoms with Gasteiger partial charge < -0.3 is 91.5 Å². The van der Waals surface area contributed by atoms with E-state index in [2.05, 4.69) is 57.5 Å². The molecule has 1 heterocycles. The van der Waals surface area contributed by atoms with Gasteiger partial charge in [0.1, 0.15) is 48.3 Å². The van der Waals surface area contributed by atoms with E-state index in [1.54, 1.807) is 41.5 Å². The summed E-state index contributed by atoms with van der Waals surface area (Å²) < 4.78 is 0. The fourth-order valence-corrected chi connectivity index (χ4v) is 7.82. The van der Waals surface area contributed by atoms with Crippen molar-refractivity contribution in [2.24, 2.45) is 51.4 Å². The van der Waals surface area contributed by atoms with Crippen molar-refractivity contribution in [1.82, 2.24) is 52.5 Å². The number of carboxylic acid groups (broad SMARTS) is 3. The van der Waals surface area contributed by atoms with E-state index in [-0.39, 0.29) is 75.0 Å². The van der Waals surface area contributed by atoms with E-state index in [1.807, 2.05) is 0 Å². The van der Waals surface area contributed by atoms with E-state index in [0.717, 1.165) is 0 Å². The molecule has 0 spiro atoms. The Hall–Kier alpha value is -7.96. The zero-order valence-corrected chi connectivity index (χ0v) is 46.2. The maximum Gasteiger partial charge on any atom is 0.326 e. The molecule has 0 saturated carbocycles. The highest BCUT2D eigenvalue weighted by Gasteiger charge is 2.37. The molecule has 80 heavy (non-hydrogen) atoms. The number of aliphatic carboxylic acids is 3. The molecule has 450 valence electrons. The lowest BCUT2D eigenvalue weighted by Crippen LogP contribution is -2.61. The van der Waals surface area contributed by atoms with Crippen molar-refractivity contribution >= 4 is 77.0 Å². The Balaban J connectivity index is 3.59. The summed E-state index contributed by atoms with van der Waals surface area (Å²) in [5, 5.41) is 48.4. The number of amides is 9. The Morgan fingerprint density at radius 1 is 0.575 bits per heavy atom. The zero-order chi connectivity index (χ0) is 60.8. The third-order valence-corrected chi connectivity index (χ3v) is 12.3. The van der Waals surface area contributed by atoms with Crippen LogP contribution >= 0.6 is 0 Å². The summed E-state index contributed by atoms with van der Waals surface area (Å²) in [6.45, 7) is 10.7. The van der Waals surface area contributed by atoms with Crippen molar-refractivity contribution in [3.8, 4) is 0 Å². The Bertz CT molecular complexity index is 2280. The van der Waals surface area contributed by atoms with Crippen LogP contribution in [-0.2, 0) is 64.0 Å². The number of hydrogen-bond acceptors (Lipinski definition) is 16. The van der Waals surface area contributed by atoms with Gasteiger partial charge in [0.25, 0.3) is 0 Å². The monoisotopic (exact) mass is 1140 g/mol. The van der Waals surface area contributed by atoms with Crippen LogP contribution < -0.4 is 71.2 Å². The maximum absolute atomic E-state index is 14.2. The minimum Gasteiger partial charge on any atom is -0.481 e. The second kappa shape index (κ2) is 36.3. The highest BCUT2D eigenvalue weighted by Crippen LogP contribution is 2.14. The van der Waals surface area contributed by atoms with Gasteiger partial charge in [-0.25, -0.2) is 9.78 Å². The largest absolute Gasteiger partial charge is 0.481 e. The normalized spacial score (nSPS) is 14.9. The number of guanidine groups is 1. The Morgan fingerprint density at radius 3 is 1.57 bits per heavy atom. The first-order valence-electron chi connectivity index (χ1n) is 26.4. The van der Waals surface area contributed by atoms with Gasteiger partial charge >= 0.3 is 17.9 Å². The number of carbonyl (C=O) groups excluding carboxylic acids is 9. The van der Waals surface area contributed by atoms with Gasteiger partial charge in [0.15, 0.2) is 5.96 Å². The standard InChI is InChI=1S/C49H84N16O15/c1-7-26(6)39(47(78)63-31(17-24(2)3)43(74)64-35(48(79)80)18-25(4)5)65-46(77)33(20-36(52)66)61-45(76)34(21-38(69)70)62-42(73)30(13-14-37(67)68)59-44(75)32(19-27-22-55-23-57-27)60-41(72)29(12-10-16-56-49(53)54)58-40(71)28(51)11-8-9-15-50/h22-26,28-35,39H,7-21,50-51H2,1-6H3,(H2,52,66)(H,55,57)(H,58,71)(H,59,75)(H,60,72)(H,61,76)(H,62,73)(H,63,78)(H,64,74)(H,65,77)(H,67,68)(H,69,70)(H,79,80)(H4,53,54,56)/t26-,28-,29-,30-,31-,32-,33-,34-,35-,39-/m0/s1. The van der Waals surface area contributed by atoms with Gasteiger partial charge in [0.05, 0.1) is 25.2 Å². The number of nitrogens with one attached hydrogen (secondary N) is 9. The molecule has 0 aliphatic carbocycles. The molecule has 1 aromatic heterocycles. The van der Waals surface area contributed by atoms with Crippen LogP contribution in [0.5, 0.6) is 0 Å². The lowest BCUT2D eigenvalue weighted by Gasteiger charge is -2.29.